The fourth-order valence-corrected chi connectivity index (χ4v) is 3.56. The van der Waals surface area contributed by atoms with Crippen molar-refractivity contribution >= 4 is 27.5 Å². The summed E-state index contributed by atoms with van der Waals surface area (Å²) >= 11 is 1.48. The topological polar surface area (TPSA) is 56.1 Å². The summed E-state index contributed by atoms with van der Waals surface area (Å²) in [4.78, 5) is 14.0. The van der Waals surface area contributed by atoms with Crippen LogP contribution in [0.1, 0.15) is 20.9 Å². The lowest BCUT2D eigenvalue weighted by Crippen LogP contribution is -2.24. The van der Waals surface area contributed by atoms with Crippen molar-refractivity contribution in [3.05, 3.63) is 46.5 Å². The third-order valence-corrected chi connectivity index (χ3v) is 4.98. The Hall–Kier alpha value is -2.34. The van der Waals surface area contributed by atoms with Gasteiger partial charge in [-0.15, -0.1) is 11.3 Å². The van der Waals surface area contributed by atoms with E-state index in [-0.39, 0.29) is 5.91 Å². The highest BCUT2D eigenvalue weighted by Gasteiger charge is 2.14. The van der Waals surface area contributed by atoms with Crippen molar-refractivity contribution in [3.63, 3.8) is 0 Å². The van der Waals surface area contributed by atoms with Crippen LogP contribution in [0.4, 0.5) is 0 Å². The van der Waals surface area contributed by atoms with Crippen molar-refractivity contribution in [2.75, 3.05) is 13.7 Å². The minimum Gasteiger partial charge on any atom is -0.497 e. The maximum atomic E-state index is 12.3. The molecule has 0 unspecified atom stereocenters. The van der Waals surface area contributed by atoms with E-state index in [1.807, 2.05) is 49.0 Å². The number of methoxy groups -OCH3 is 1. The van der Waals surface area contributed by atoms with Gasteiger partial charge in [0.05, 0.1) is 17.7 Å². The average Bonchev–Trinajstić information content (AvgIpc) is 3.10. The van der Waals surface area contributed by atoms with Gasteiger partial charge in [-0.05, 0) is 37.1 Å². The van der Waals surface area contributed by atoms with Gasteiger partial charge in [-0.1, -0.05) is 12.1 Å². The van der Waals surface area contributed by atoms with Crippen LogP contribution >= 0.6 is 11.3 Å². The molecule has 0 aliphatic rings. The summed E-state index contributed by atoms with van der Waals surface area (Å²) in [6.07, 6.45) is 0.793. The minimum atomic E-state index is -0.0286. The highest BCUT2D eigenvalue weighted by atomic mass is 32.1. The van der Waals surface area contributed by atoms with Gasteiger partial charge in [0.2, 0.25) is 0 Å². The van der Waals surface area contributed by atoms with Gasteiger partial charge in [-0.3, -0.25) is 9.48 Å². The van der Waals surface area contributed by atoms with Crippen LogP contribution in [0.5, 0.6) is 5.75 Å². The Morgan fingerprint density at radius 1 is 1.35 bits per heavy atom. The lowest BCUT2D eigenvalue weighted by Gasteiger charge is -2.05. The smallest absolute Gasteiger partial charge is 0.261 e. The third kappa shape index (κ3) is 3.22. The lowest BCUT2D eigenvalue weighted by molar-refractivity contribution is 0.0958. The summed E-state index contributed by atoms with van der Waals surface area (Å²) < 4.78 is 6.96. The molecule has 1 amide bonds. The molecule has 0 atom stereocenters. The molecular formula is C17H19N3O2S. The minimum absolute atomic E-state index is 0.0286. The molecule has 0 bridgehead atoms. The number of aryl methyl sites for hydroxylation is 2. The van der Waals surface area contributed by atoms with E-state index >= 15 is 0 Å². The molecule has 2 aromatic heterocycles. The Balaban J connectivity index is 1.60. The standard InChI is InChI=1S/C17H19N3O2S/c1-11-14-10-15(23-17(14)20(2)19-11)16(21)18-9-8-12-4-6-13(22-3)7-5-12/h4-7,10H,8-9H2,1-3H3,(H,18,21). The molecule has 5 nitrogen and oxygen atoms in total. The average molecular weight is 329 g/mol. The van der Waals surface area contributed by atoms with Crippen molar-refractivity contribution in [3.8, 4) is 5.75 Å². The van der Waals surface area contributed by atoms with Crippen LogP contribution < -0.4 is 10.1 Å². The molecule has 0 fully saturated rings. The van der Waals surface area contributed by atoms with E-state index in [0.717, 1.165) is 33.0 Å². The monoisotopic (exact) mass is 329 g/mol. The molecule has 3 rings (SSSR count). The molecule has 0 aliphatic carbocycles. The Bertz CT molecular complexity index is 799. The molecule has 1 N–H and O–H groups in total. The number of hydrogen-bond acceptors (Lipinski definition) is 4. The molecule has 120 valence electrons. The van der Waals surface area contributed by atoms with E-state index in [2.05, 4.69) is 10.4 Å². The SMILES string of the molecule is COc1ccc(CCNC(=O)c2cc3c(C)nn(C)c3s2)cc1. The number of amides is 1. The van der Waals surface area contributed by atoms with E-state index in [4.69, 9.17) is 4.74 Å². The number of fused-ring (bicyclic) bond motifs is 1. The lowest BCUT2D eigenvalue weighted by atomic mass is 10.1. The van der Waals surface area contributed by atoms with E-state index in [0.29, 0.717) is 6.54 Å². The van der Waals surface area contributed by atoms with Crippen molar-refractivity contribution in [2.24, 2.45) is 7.05 Å². The van der Waals surface area contributed by atoms with Crippen molar-refractivity contribution in [1.82, 2.24) is 15.1 Å². The van der Waals surface area contributed by atoms with Crippen LogP contribution in [0.2, 0.25) is 0 Å². The number of nitrogens with one attached hydrogen (secondary N) is 1. The molecule has 0 spiro atoms. The molecular weight excluding hydrogens is 310 g/mol. The van der Waals surface area contributed by atoms with Crippen molar-refractivity contribution < 1.29 is 9.53 Å². The van der Waals surface area contributed by atoms with Crippen LogP contribution in [0.15, 0.2) is 30.3 Å². The Morgan fingerprint density at radius 3 is 2.74 bits per heavy atom. The number of nitrogens with zero attached hydrogens (tertiary/aromatic N) is 2. The number of rotatable bonds is 5. The van der Waals surface area contributed by atoms with Crippen LogP contribution in [-0.4, -0.2) is 29.3 Å². The molecule has 2 heterocycles. The van der Waals surface area contributed by atoms with E-state index in [1.54, 1.807) is 7.11 Å². The number of thiophene rings is 1. The predicted molar refractivity (Wildman–Crippen MR) is 92.4 cm³/mol. The first kappa shape index (κ1) is 15.6. The van der Waals surface area contributed by atoms with Crippen LogP contribution in [-0.2, 0) is 13.5 Å². The molecule has 0 radical (unpaired) electrons. The quantitative estimate of drug-likeness (QED) is 0.783. The van der Waals surface area contributed by atoms with Gasteiger partial charge < -0.3 is 10.1 Å². The van der Waals surface area contributed by atoms with Gasteiger partial charge in [0, 0.05) is 19.0 Å². The van der Waals surface area contributed by atoms with Crippen molar-refractivity contribution in [2.45, 2.75) is 13.3 Å². The first-order valence-corrected chi connectivity index (χ1v) is 8.24. The van der Waals surface area contributed by atoms with Gasteiger partial charge in [-0.25, -0.2) is 0 Å². The molecule has 23 heavy (non-hydrogen) atoms. The largest absolute Gasteiger partial charge is 0.497 e. The first-order valence-electron chi connectivity index (χ1n) is 7.42. The first-order chi connectivity index (χ1) is 11.1. The highest BCUT2D eigenvalue weighted by Crippen LogP contribution is 2.27. The maximum Gasteiger partial charge on any atom is 0.261 e. The molecule has 3 aromatic rings. The zero-order valence-corrected chi connectivity index (χ0v) is 14.2. The molecule has 0 aliphatic heterocycles. The van der Waals surface area contributed by atoms with Crippen LogP contribution in [0, 0.1) is 6.92 Å². The van der Waals surface area contributed by atoms with E-state index < -0.39 is 0 Å². The third-order valence-electron chi connectivity index (χ3n) is 3.78. The van der Waals surface area contributed by atoms with Gasteiger partial charge in [-0.2, -0.15) is 5.10 Å². The number of aromatic nitrogens is 2. The zero-order chi connectivity index (χ0) is 16.4. The van der Waals surface area contributed by atoms with Crippen LogP contribution in [0.25, 0.3) is 10.2 Å². The maximum absolute atomic E-state index is 12.3. The Morgan fingerprint density at radius 2 is 2.09 bits per heavy atom. The molecule has 0 saturated carbocycles. The number of carbonyl (C=O) groups is 1. The zero-order valence-electron chi connectivity index (χ0n) is 13.4. The fourth-order valence-electron chi connectivity index (χ4n) is 2.52. The molecule has 0 saturated heterocycles. The van der Waals surface area contributed by atoms with Crippen molar-refractivity contribution in [1.29, 1.82) is 0 Å². The van der Waals surface area contributed by atoms with Gasteiger partial charge >= 0.3 is 0 Å². The normalized spacial score (nSPS) is 10.9. The second-order valence-corrected chi connectivity index (χ2v) is 6.42. The number of carbonyl (C=O) groups excluding carboxylic acids is 1. The predicted octanol–water partition coefficient (Wildman–Crippen LogP) is 2.92. The van der Waals surface area contributed by atoms with E-state index in [1.165, 1.54) is 16.9 Å². The summed E-state index contributed by atoms with van der Waals surface area (Å²) in [6.45, 7) is 2.57. The second-order valence-electron chi connectivity index (χ2n) is 5.39. The fraction of sp³-hybridized carbons (Fsp3) is 0.294. The Kier molecular flexibility index (Phi) is 4.34. The summed E-state index contributed by atoms with van der Waals surface area (Å²) in [6, 6.07) is 9.81. The van der Waals surface area contributed by atoms with E-state index in [9.17, 15) is 4.79 Å². The molecule has 1 aromatic carbocycles. The highest BCUT2D eigenvalue weighted by molar-refractivity contribution is 7.20. The second kappa shape index (κ2) is 6.42. The number of hydrogen-bond donors (Lipinski definition) is 1. The number of ether oxygens (including phenoxy) is 1. The Labute approximate surface area is 138 Å². The summed E-state index contributed by atoms with van der Waals surface area (Å²) in [5.41, 5.74) is 2.12. The number of benzene rings is 1. The van der Waals surface area contributed by atoms with Crippen LogP contribution in [0.3, 0.4) is 0 Å². The summed E-state index contributed by atoms with van der Waals surface area (Å²) in [5.74, 6) is 0.811. The van der Waals surface area contributed by atoms with Gasteiger partial charge in [0.1, 0.15) is 10.6 Å². The molecule has 6 heteroatoms. The van der Waals surface area contributed by atoms with Gasteiger partial charge in [0.25, 0.3) is 5.91 Å². The summed E-state index contributed by atoms with van der Waals surface area (Å²) in [5, 5.41) is 8.38. The summed E-state index contributed by atoms with van der Waals surface area (Å²) in [7, 11) is 3.55. The van der Waals surface area contributed by atoms with Gasteiger partial charge in [0.15, 0.2) is 0 Å².